The zero-order chi connectivity index (χ0) is 15.6. The van der Waals surface area contributed by atoms with Crippen LogP contribution in [0.4, 0.5) is 4.39 Å². The van der Waals surface area contributed by atoms with E-state index in [-0.39, 0.29) is 11.9 Å². The molecular formula is C18H22FN3O. The Morgan fingerprint density at radius 2 is 2.26 bits per heavy atom. The molecule has 2 aliphatic rings. The van der Waals surface area contributed by atoms with Gasteiger partial charge in [0.25, 0.3) is 0 Å². The van der Waals surface area contributed by atoms with Gasteiger partial charge in [0.2, 0.25) is 0 Å². The van der Waals surface area contributed by atoms with Crippen molar-refractivity contribution in [2.75, 3.05) is 6.61 Å². The van der Waals surface area contributed by atoms with Crippen LogP contribution >= 0.6 is 0 Å². The molecule has 1 unspecified atom stereocenters. The van der Waals surface area contributed by atoms with Crippen LogP contribution in [0.3, 0.4) is 0 Å². The predicted molar refractivity (Wildman–Crippen MR) is 85.9 cm³/mol. The Hall–Kier alpha value is -1.88. The van der Waals surface area contributed by atoms with Crippen molar-refractivity contribution in [3.63, 3.8) is 0 Å². The molecule has 4 nitrogen and oxygen atoms in total. The Balaban J connectivity index is 1.53. The fourth-order valence-corrected chi connectivity index (χ4v) is 3.61. The molecule has 0 aliphatic carbocycles. The van der Waals surface area contributed by atoms with Gasteiger partial charge in [-0.25, -0.2) is 9.37 Å². The lowest BCUT2D eigenvalue weighted by Crippen LogP contribution is -2.23. The molecular weight excluding hydrogens is 293 g/mol. The van der Waals surface area contributed by atoms with Gasteiger partial charge in [-0.2, -0.15) is 0 Å². The van der Waals surface area contributed by atoms with Gasteiger partial charge in [0.05, 0.1) is 12.3 Å². The Labute approximate surface area is 135 Å². The highest BCUT2D eigenvalue weighted by molar-refractivity contribution is 5.37. The molecule has 1 N–H and O–H groups in total. The molecule has 0 spiro atoms. The highest BCUT2D eigenvalue weighted by Gasteiger charge is 2.21. The number of nitrogens with one attached hydrogen (secondary N) is 1. The molecule has 0 bridgehead atoms. The first-order valence-electron chi connectivity index (χ1n) is 8.50. The summed E-state index contributed by atoms with van der Waals surface area (Å²) in [6, 6.07) is 4.93. The number of fused-ring (bicyclic) bond motifs is 2. The summed E-state index contributed by atoms with van der Waals surface area (Å²) in [5.74, 6) is 1.79. The largest absolute Gasteiger partial charge is 0.493 e. The molecule has 0 saturated heterocycles. The Bertz CT molecular complexity index is 698. The van der Waals surface area contributed by atoms with E-state index in [4.69, 9.17) is 4.74 Å². The van der Waals surface area contributed by atoms with Crippen LogP contribution in [0, 0.1) is 5.82 Å². The van der Waals surface area contributed by atoms with Crippen LogP contribution in [-0.4, -0.2) is 16.2 Å². The van der Waals surface area contributed by atoms with Crippen LogP contribution in [0.1, 0.15) is 48.8 Å². The Morgan fingerprint density at radius 1 is 1.30 bits per heavy atom. The molecule has 0 amide bonds. The number of hydrogen-bond donors (Lipinski definition) is 1. The van der Waals surface area contributed by atoms with Crippen molar-refractivity contribution < 1.29 is 9.13 Å². The van der Waals surface area contributed by atoms with Crippen LogP contribution in [0.2, 0.25) is 0 Å². The van der Waals surface area contributed by atoms with Crippen LogP contribution in [-0.2, 0) is 19.5 Å². The molecule has 2 aromatic rings. The van der Waals surface area contributed by atoms with Gasteiger partial charge < -0.3 is 14.6 Å². The maximum Gasteiger partial charge on any atom is 0.124 e. The quantitative estimate of drug-likeness (QED) is 0.944. The lowest BCUT2D eigenvalue weighted by atomic mass is 10.0. The van der Waals surface area contributed by atoms with Gasteiger partial charge in [0.1, 0.15) is 17.4 Å². The fraction of sp³-hybridized carbons (Fsp3) is 0.500. The summed E-state index contributed by atoms with van der Waals surface area (Å²) in [7, 11) is 0. The number of hydrogen-bond acceptors (Lipinski definition) is 3. The van der Waals surface area contributed by atoms with Crippen LogP contribution in [0.5, 0.6) is 5.75 Å². The number of benzene rings is 1. The molecule has 5 heteroatoms. The van der Waals surface area contributed by atoms with E-state index >= 15 is 0 Å². The van der Waals surface area contributed by atoms with Gasteiger partial charge in [-0.1, -0.05) is 0 Å². The summed E-state index contributed by atoms with van der Waals surface area (Å²) in [5, 5.41) is 3.59. The monoisotopic (exact) mass is 315 g/mol. The lowest BCUT2D eigenvalue weighted by Gasteiger charge is -2.20. The third-order valence-electron chi connectivity index (χ3n) is 4.82. The molecule has 3 heterocycles. The SMILES string of the molecule is Fc1ccc2c(c1)C(NCc1cnc3n1CCCC3)CCCO2. The van der Waals surface area contributed by atoms with Gasteiger partial charge in [-0.05, 0) is 43.9 Å². The minimum Gasteiger partial charge on any atom is -0.493 e. The molecule has 1 aromatic carbocycles. The van der Waals surface area contributed by atoms with Crippen LogP contribution < -0.4 is 10.1 Å². The van der Waals surface area contributed by atoms with Gasteiger partial charge in [0.15, 0.2) is 0 Å². The minimum atomic E-state index is -0.206. The van der Waals surface area contributed by atoms with E-state index in [0.717, 1.165) is 43.7 Å². The smallest absolute Gasteiger partial charge is 0.124 e. The second kappa shape index (κ2) is 6.32. The standard InChI is InChI=1S/C18H22FN3O/c19-13-6-7-17-15(10-13)16(4-3-9-23-17)20-11-14-12-21-18-5-1-2-8-22(14)18/h6-7,10,12,16,20H,1-5,8-9,11H2. The molecule has 1 aromatic heterocycles. The zero-order valence-electron chi connectivity index (χ0n) is 13.2. The first-order valence-corrected chi connectivity index (χ1v) is 8.50. The van der Waals surface area contributed by atoms with Gasteiger partial charge >= 0.3 is 0 Å². The first-order chi connectivity index (χ1) is 11.3. The molecule has 1 atom stereocenters. The van der Waals surface area contributed by atoms with Crippen molar-refractivity contribution in [2.45, 2.75) is 51.2 Å². The van der Waals surface area contributed by atoms with E-state index in [2.05, 4.69) is 14.9 Å². The molecule has 0 saturated carbocycles. The maximum atomic E-state index is 13.6. The summed E-state index contributed by atoms with van der Waals surface area (Å²) < 4.78 is 21.7. The zero-order valence-corrected chi connectivity index (χ0v) is 13.2. The highest BCUT2D eigenvalue weighted by atomic mass is 19.1. The van der Waals surface area contributed by atoms with Gasteiger partial charge in [-0.3, -0.25) is 0 Å². The average Bonchev–Trinajstić information content (AvgIpc) is 2.88. The van der Waals surface area contributed by atoms with E-state index < -0.39 is 0 Å². The van der Waals surface area contributed by atoms with Crippen LogP contribution in [0.25, 0.3) is 0 Å². The number of nitrogens with zero attached hydrogens (tertiary/aromatic N) is 2. The van der Waals surface area contributed by atoms with E-state index in [0.29, 0.717) is 6.61 Å². The minimum absolute atomic E-state index is 0.123. The Morgan fingerprint density at radius 3 is 3.22 bits per heavy atom. The summed E-state index contributed by atoms with van der Waals surface area (Å²) in [5.41, 5.74) is 2.16. The molecule has 0 radical (unpaired) electrons. The molecule has 23 heavy (non-hydrogen) atoms. The molecule has 2 aliphatic heterocycles. The molecule has 4 rings (SSSR count). The number of aromatic nitrogens is 2. The predicted octanol–water partition coefficient (Wildman–Crippen LogP) is 3.36. The van der Waals surface area contributed by atoms with Crippen molar-refractivity contribution in [2.24, 2.45) is 0 Å². The summed E-state index contributed by atoms with van der Waals surface area (Å²) >= 11 is 0. The molecule has 0 fully saturated rings. The van der Waals surface area contributed by atoms with Crippen molar-refractivity contribution >= 4 is 0 Å². The summed E-state index contributed by atoms with van der Waals surface area (Å²) in [4.78, 5) is 4.54. The van der Waals surface area contributed by atoms with E-state index in [9.17, 15) is 4.39 Å². The first kappa shape index (κ1) is 14.7. The van der Waals surface area contributed by atoms with E-state index in [1.165, 1.54) is 30.4 Å². The second-order valence-corrected chi connectivity index (χ2v) is 6.38. The highest BCUT2D eigenvalue weighted by Crippen LogP contribution is 2.32. The van der Waals surface area contributed by atoms with Crippen molar-refractivity contribution in [1.29, 1.82) is 0 Å². The second-order valence-electron chi connectivity index (χ2n) is 6.38. The topological polar surface area (TPSA) is 39.1 Å². The number of aryl methyl sites for hydroxylation is 1. The normalized spacial score (nSPS) is 20.3. The molecule has 122 valence electrons. The number of imidazole rings is 1. The number of ether oxygens (including phenoxy) is 1. The van der Waals surface area contributed by atoms with Crippen LogP contribution in [0.15, 0.2) is 24.4 Å². The van der Waals surface area contributed by atoms with Gasteiger partial charge in [-0.15, -0.1) is 0 Å². The fourth-order valence-electron chi connectivity index (χ4n) is 3.61. The average molecular weight is 315 g/mol. The van der Waals surface area contributed by atoms with E-state index in [1.807, 2.05) is 6.20 Å². The summed E-state index contributed by atoms with van der Waals surface area (Å²) in [6.07, 6.45) is 7.44. The van der Waals surface area contributed by atoms with E-state index in [1.54, 1.807) is 12.1 Å². The van der Waals surface area contributed by atoms with Crippen molar-refractivity contribution in [3.05, 3.63) is 47.3 Å². The number of rotatable bonds is 3. The maximum absolute atomic E-state index is 13.6. The third-order valence-corrected chi connectivity index (χ3v) is 4.82. The third kappa shape index (κ3) is 2.98. The van der Waals surface area contributed by atoms with Crippen molar-refractivity contribution in [3.8, 4) is 5.75 Å². The van der Waals surface area contributed by atoms with Crippen molar-refractivity contribution in [1.82, 2.24) is 14.9 Å². The number of halogens is 1. The summed E-state index contributed by atoms with van der Waals surface area (Å²) in [6.45, 7) is 2.51. The lowest BCUT2D eigenvalue weighted by molar-refractivity contribution is 0.314. The Kier molecular flexibility index (Phi) is 4.04. The van der Waals surface area contributed by atoms with Gasteiger partial charge in [0, 0.05) is 37.3 Å².